The van der Waals surface area contributed by atoms with Gasteiger partial charge in [-0.25, -0.2) is 0 Å². The van der Waals surface area contributed by atoms with E-state index in [0.29, 0.717) is 32.0 Å². The van der Waals surface area contributed by atoms with Crippen LogP contribution in [0.4, 0.5) is 0 Å². The number of hydrogen-bond acceptors (Lipinski definition) is 4. The minimum absolute atomic E-state index is 0.306. The molecule has 1 saturated carbocycles. The Labute approximate surface area is 114 Å². The second-order valence-corrected chi connectivity index (χ2v) is 4.79. The van der Waals surface area contributed by atoms with Crippen molar-refractivity contribution in [2.75, 3.05) is 19.8 Å². The van der Waals surface area contributed by atoms with Gasteiger partial charge in [-0.1, -0.05) is 12.1 Å². The Bertz CT molecular complexity index is 383. The quantitative estimate of drug-likeness (QED) is 0.769. The minimum Gasteiger partial charge on any atom is -0.490 e. The predicted molar refractivity (Wildman–Crippen MR) is 74.7 cm³/mol. The molecule has 2 N–H and O–H groups in total. The SMILES string of the molecule is CCOc1ccccc1OCCOC1CCC(N)C1. The van der Waals surface area contributed by atoms with Crippen LogP contribution in [0.2, 0.25) is 0 Å². The Morgan fingerprint density at radius 1 is 1.11 bits per heavy atom. The van der Waals surface area contributed by atoms with Gasteiger partial charge in [0.15, 0.2) is 11.5 Å². The van der Waals surface area contributed by atoms with Gasteiger partial charge in [0.25, 0.3) is 0 Å². The molecule has 0 aliphatic heterocycles. The summed E-state index contributed by atoms with van der Waals surface area (Å²) in [4.78, 5) is 0. The second kappa shape index (κ2) is 7.36. The minimum atomic E-state index is 0.306. The Morgan fingerprint density at radius 3 is 2.47 bits per heavy atom. The van der Waals surface area contributed by atoms with Crippen LogP contribution in [0.3, 0.4) is 0 Å². The molecule has 0 amide bonds. The largest absolute Gasteiger partial charge is 0.490 e. The summed E-state index contributed by atoms with van der Waals surface area (Å²) in [6.07, 6.45) is 3.41. The average molecular weight is 265 g/mol. The molecule has 4 heteroatoms. The molecule has 2 unspecified atom stereocenters. The number of ether oxygens (including phenoxy) is 3. The van der Waals surface area contributed by atoms with Gasteiger partial charge in [0, 0.05) is 6.04 Å². The molecule has 106 valence electrons. The normalized spacial score (nSPS) is 22.4. The Kier molecular flexibility index (Phi) is 5.48. The highest BCUT2D eigenvalue weighted by Gasteiger charge is 2.21. The average Bonchev–Trinajstić information content (AvgIpc) is 2.83. The van der Waals surface area contributed by atoms with Crippen molar-refractivity contribution in [3.63, 3.8) is 0 Å². The standard InChI is InChI=1S/C15H23NO3/c1-2-17-14-5-3-4-6-15(14)19-10-9-18-13-8-7-12(16)11-13/h3-6,12-13H,2,7-11,16H2,1H3. The smallest absolute Gasteiger partial charge is 0.161 e. The van der Waals surface area contributed by atoms with Crippen LogP contribution in [0.1, 0.15) is 26.2 Å². The maximum atomic E-state index is 5.85. The van der Waals surface area contributed by atoms with Crippen molar-refractivity contribution < 1.29 is 14.2 Å². The summed E-state index contributed by atoms with van der Waals surface area (Å²) >= 11 is 0. The maximum absolute atomic E-state index is 5.85. The molecule has 1 aliphatic rings. The van der Waals surface area contributed by atoms with E-state index in [1.165, 1.54) is 0 Å². The lowest BCUT2D eigenvalue weighted by Crippen LogP contribution is -2.19. The first-order chi connectivity index (χ1) is 9.29. The van der Waals surface area contributed by atoms with E-state index in [1.54, 1.807) is 0 Å². The summed E-state index contributed by atoms with van der Waals surface area (Å²) in [6.45, 7) is 3.73. The molecule has 0 saturated heterocycles. The van der Waals surface area contributed by atoms with Gasteiger partial charge in [-0.2, -0.15) is 0 Å². The highest BCUT2D eigenvalue weighted by Crippen LogP contribution is 2.26. The van der Waals surface area contributed by atoms with E-state index in [0.717, 1.165) is 30.8 Å². The summed E-state index contributed by atoms with van der Waals surface area (Å²) < 4.78 is 16.9. The van der Waals surface area contributed by atoms with Crippen molar-refractivity contribution >= 4 is 0 Å². The molecule has 0 radical (unpaired) electrons. The molecule has 1 aromatic carbocycles. The van der Waals surface area contributed by atoms with E-state index < -0.39 is 0 Å². The van der Waals surface area contributed by atoms with Gasteiger partial charge < -0.3 is 19.9 Å². The fourth-order valence-corrected chi connectivity index (χ4v) is 2.34. The zero-order valence-corrected chi connectivity index (χ0v) is 11.5. The van der Waals surface area contributed by atoms with Crippen molar-refractivity contribution in [1.29, 1.82) is 0 Å². The van der Waals surface area contributed by atoms with Gasteiger partial charge in [-0.15, -0.1) is 0 Å². The summed E-state index contributed by atoms with van der Waals surface area (Å²) in [5, 5.41) is 0. The lowest BCUT2D eigenvalue weighted by Gasteiger charge is -2.14. The molecular weight excluding hydrogens is 242 g/mol. The topological polar surface area (TPSA) is 53.7 Å². The van der Waals surface area contributed by atoms with Gasteiger partial charge in [0.1, 0.15) is 6.61 Å². The molecule has 0 heterocycles. The third-order valence-electron chi connectivity index (χ3n) is 3.27. The van der Waals surface area contributed by atoms with E-state index in [-0.39, 0.29) is 0 Å². The molecule has 4 nitrogen and oxygen atoms in total. The van der Waals surface area contributed by atoms with Crippen molar-refractivity contribution in [2.45, 2.75) is 38.3 Å². The highest BCUT2D eigenvalue weighted by molar-refractivity contribution is 5.39. The molecule has 1 aliphatic carbocycles. The molecule has 1 aromatic rings. The van der Waals surface area contributed by atoms with E-state index in [2.05, 4.69) is 0 Å². The molecule has 1 fully saturated rings. The Balaban J connectivity index is 1.70. The van der Waals surface area contributed by atoms with Crippen LogP contribution in [0.5, 0.6) is 11.5 Å². The van der Waals surface area contributed by atoms with Crippen LogP contribution in [-0.2, 0) is 4.74 Å². The molecule has 2 rings (SSSR count). The maximum Gasteiger partial charge on any atom is 0.161 e. The number of para-hydroxylation sites is 2. The lowest BCUT2D eigenvalue weighted by molar-refractivity contribution is 0.0369. The van der Waals surface area contributed by atoms with Gasteiger partial charge in [0.2, 0.25) is 0 Å². The van der Waals surface area contributed by atoms with Gasteiger partial charge >= 0.3 is 0 Å². The van der Waals surface area contributed by atoms with Crippen LogP contribution < -0.4 is 15.2 Å². The van der Waals surface area contributed by atoms with Gasteiger partial charge in [0.05, 0.1) is 19.3 Å². The Morgan fingerprint density at radius 2 is 1.84 bits per heavy atom. The lowest BCUT2D eigenvalue weighted by atomic mass is 10.3. The van der Waals surface area contributed by atoms with E-state index in [1.807, 2.05) is 31.2 Å². The first-order valence-corrected chi connectivity index (χ1v) is 7.01. The predicted octanol–water partition coefficient (Wildman–Crippen LogP) is 2.36. The highest BCUT2D eigenvalue weighted by atomic mass is 16.5. The van der Waals surface area contributed by atoms with Gasteiger partial charge in [-0.05, 0) is 38.3 Å². The van der Waals surface area contributed by atoms with Crippen LogP contribution >= 0.6 is 0 Å². The van der Waals surface area contributed by atoms with Crippen molar-refractivity contribution in [1.82, 2.24) is 0 Å². The summed E-state index contributed by atoms with van der Waals surface area (Å²) in [5.41, 5.74) is 5.85. The fraction of sp³-hybridized carbons (Fsp3) is 0.600. The molecule has 0 spiro atoms. The summed E-state index contributed by atoms with van der Waals surface area (Å²) in [5.74, 6) is 1.56. The summed E-state index contributed by atoms with van der Waals surface area (Å²) in [7, 11) is 0. The first kappa shape index (κ1) is 14.2. The zero-order valence-electron chi connectivity index (χ0n) is 11.5. The first-order valence-electron chi connectivity index (χ1n) is 7.01. The number of nitrogens with two attached hydrogens (primary N) is 1. The molecule has 0 bridgehead atoms. The van der Waals surface area contributed by atoms with E-state index in [4.69, 9.17) is 19.9 Å². The number of hydrogen-bond donors (Lipinski definition) is 1. The monoisotopic (exact) mass is 265 g/mol. The number of rotatable bonds is 7. The second-order valence-electron chi connectivity index (χ2n) is 4.79. The van der Waals surface area contributed by atoms with Crippen LogP contribution in [0, 0.1) is 0 Å². The molecular formula is C15H23NO3. The van der Waals surface area contributed by atoms with Crippen molar-refractivity contribution in [2.24, 2.45) is 5.73 Å². The fourth-order valence-electron chi connectivity index (χ4n) is 2.34. The van der Waals surface area contributed by atoms with E-state index in [9.17, 15) is 0 Å². The Hall–Kier alpha value is -1.26. The number of benzene rings is 1. The van der Waals surface area contributed by atoms with Gasteiger partial charge in [-0.3, -0.25) is 0 Å². The van der Waals surface area contributed by atoms with Crippen LogP contribution in [-0.4, -0.2) is 32.0 Å². The molecule has 0 aromatic heterocycles. The van der Waals surface area contributed by atoms with Crippen LogP contribution in [0.25, 0.3) is 0 Å². The van der Waals surface area contributed by atoms with Crippen LogP contribution in [0.15, 0.2) is 24.3 Å². The van der Waals surface area contributed by atoms with E-state index >= 15 is 0 Å². The third kappa shape index (κ3) is 4.40. The molecule has 19 heavy (non-hydrogen) atoms. The molecule has 2 atom stereocenters. The summed E-state index contributed by atoms with van der Waals surface area (Å²) in [6, 6.07) is 8.01. The zero-order chi connectivity index (χ0) is 13.5. The third-order valence-corrected chi connectivity index (χ3v) is 3.27. The van der Waals surface area contributed by atoms with Crippen molar-refractivity contribution in [3.05, 3.63) is 24.3 Å². The van der Waals surface area contributed by atoms with Crippen molar-refractivity contribution in [3.8, 4) is 11.5 Å².